The van der Waals surface area contributed by atoms with Crippen molar-refractivity contribution in [3.63, 3.8) is 0 Å². The lowest BCUT2D eigenvalue weighted by Crippen LogP contribution is -2.49. The Balaban J connectivity index is 1.57. The molecule has 1 saturated heterocycles. The first-order valence-corrected chi connectivity index (χ1v) is 8.75. The van der Waals surface area contributed by atoms with Crippen LogP contribution in [0.4, 0.5) is 5.69 Å². The highest BCUT2D eigenvalue weighted by Crippen LogP contribution is 2.13. The van der Waals surface area contributed by atoms with Gasteiger partial charge in [-0.25, -0.2) is 0 Å². The van der Waals surface area contributed by atoms with E-state index in [4.69, 9.17) is 4.74 Å². The second-order valence-electron chi connectivity index (χ2n) is 5.95. The highest BCUT2D eigenvalue weighted by atomic mass is 32.1. The number of rotatable bonds is 4. The van der Waals surface area contributed by atoms with Gasteiger partial charge in [0, 0.05) is 24.7 Å². The summed E-state index contributed by atoms with van der Waals surface area (Å²) in [4.78, 5) is 26.2. The molecule has 2 amide bonds. The third-order valence-corrected chi connectivity index (χ3v) is 4.43. The maximum absolute atomic E-state index is 12.4. The molecule has 3 rings (SSSR count). The summed E-state index contributed by atoms with van der Waals surface area (Å²) >= 11 is 1.47. The molecule has 128 valence electrons. The van der Waals surface area contributed by atoms with Crippen molar-refractivity contribution in [1.29, 1.82) is 0 Å². The van der Waals surface area contributed by atoms with Gasteiger partial charge in [-0.15, -0.1) is 0 Å². The van der Waals surface area contributed by atoms with Gasteiger partial charge < -0.3 is 15.0 Å². The predicted molar refractivity (Wildman–Crippen MR) is 91.1 cm³/mol. The van der Waals surface area contributed by atoms with E-state index >= 15 is 0 Å². The molecule has 1 aliphatic rings. The number of amides is 2. The zero-order chi connectivity index (χ0) is 17.1. The molecule has 2 aromatic heterocycles. The van der Waals surface area contributed by atoms with E-state index in [-0.39, 0.29) is 30.6 Å². The molecular weight excluding hydrogens is 328 g/mol. The molecule has 8 heteroatoms. The molecule has 24 heavy (non-hydrogen) atoms. The van der Waals surface area contributed by atoms with E-state index in [2.05, 4.69) is 10.4 Å². The average molecular weight is 348 g/mol. The highest BCUT2D eigenvalue weighted by molar-refractivity contribution is 7.08. The van der Waals surface area contributed by atoms with Crippen molar-refractivity contribution in [3.05, 3.63) is 34.8 Å². The fourth-order valence-electron chi connectivity index (χ4n) is 2.73. The fourth-order valence-corrected chi connectivity index (χ4v) is 3.37. The van der Waals surface area contributed by atoms with Gasteiger partial charge in [0.15, 0.2) is 0 Å². The minimum Gasteiger partial charge on any atom is -0.372 e. The molecule has 0 spiro atoms. The molecule has 2 unspecified atom stereocenters. The summed E-state index contributed by atoms with van der Waals surface area (Å²) in [7, 11) is 0. The number of carbonyl (C=O) groups is 2. The number of hydrogen-bond donors (Lipinski definition) is 1. The average Bonchev–Trinajstić information content (AvgIpc) is 3.18. The van der Waals surface area contributed by atoms with Crippen LogP contribution >= 0.6 is 11.3 Å². The maximum atomic E-state index is 12.4. The molecule has 0 bridgehead atoms. The summed E-state index contributed by atoms with van der Waals surface area (Å²) in [5.41, 5.74) is 1.18. The van der Waals surface area contributed by atoms with Crippen LogP contribution in [-0.2, 0) is 16.1 Å². The molecular formula is C16H20N4O3S. The summed E-state index contributed by atoms with van der Waals surface area (Å²) in [6, 6.07) is 1.76. The minimum absolute atomic E-state index is 0.00388. The third kappa shape index (κ3) is 4.01. The second kappa shape index (κ2) is 7.14. The van der Waals surface area contributed by atoms with Crippen molar-refractivity contribution in [2.45, 2.75) is 32.6 Å². The molecule has 2 aromatic rings. The first-order valence-electron chi connectivity index (χ1n) is 7.80. The molecule has 2 atom stereocenters. The number of nitrogens with one attached hydrogen (secondary N) is 1. The van der Waals surface area contributed by atoms with Crippen LogP contribution in [0.2, 0.25) is 0 Å². The van der Waals surface area contributed by atoms with E-state index in [1.165, 1.54) is 16.0 Å². The third-order valence-electron chi connectivity index (χ3n) is 3.74. The van der Waals surface area contributed by atoms with Gasteiger partial charge in [0.05, 0.1) is 29.7 Å². The van der Waals surface area contributed by atoms with Crippen molar-refractivity contribution >= 4 is 28.8 Å². The lowest BCUT2D eigenvalue weighted by atomic mass is 10.2. The largest absolute Gasteiger partial charge is 0.372 e. The molecule has 1 N–H and O–H groups in total. The van der Waals surface area contributed by atoms with Crippen molar-refractivity contribution < 1.29 is 14.3 Å². The number of carbonyl (C=O) groups excluding carboxylic acids is 2. The van der Waals surface area contributed by atoms with Crippen LogP contribution in [-0.4, -0.2) is 51.8 Å². The number of morpholine rings is 1. The number of ether oxygens (including phenoxy) is 1. The normalized spacial score (nSPS) is 20.8. The molecule has 0 aromatic carbocycles. The number of anilines is 1. The summed E-state index contributed by atoms with van der Waals surface area (Å²) in [5, 5.41) is 10.6. The maximum Gasteiger partial charge on any atom is 0.256 e. The Morgan fingerprint density at radius 2 is 2.12 bits per heavy atom. The summed E-state index contributed by atoms with van der Waals surface area (Å²) in [5.74, 6) is -0.186. The number of thiophene rings is 1. The van der Waals surface area contributed by atoms with Crippen molar-refractivity contribution in [2.75, 3.05) is 18.4 Å². The molecule has 0 saturated carbocycles. The Morgan fingerprint density at radius 3 is 2.79 bits per heavy atom. The van der Waals surface area contributed by atoms with Gasteiger partial charge in [-0.3, -0.25) is 14.3 Å². The summed E-state index contributed by atoms with van der Waals surface area (Å²) < 4.78 is 7.18. The highest BCUT2D eigenvalue weighted by Gasteiger charge is 2.26. The Kier molecular flexibility index (Phi) is 4.96. The number of aromatic nitrogens is 2. The molecule has 7 nitrogen and oxygen atoms in total. The van der Waals surface area contributed by atoms with Gasteiger partial charge in [-0.1, -0.05) is 0 Å². The minimum atomic E-state index is -0.182. The Hall–Kier alpha value is -2.19. The summed E-state index contributed by atoms with van der Waals surface area (Å²) in [6.45, 7) is 5.25. The second-order valence-corrected chi connectivity index (χ2v) is 6.73. The van der Waals surface area contributed by atoms with Gasteiger partial charge in [0.25, 0.3) is 5.91 Å². The Morgan fingerprint density at radius 1 is 1.38 bits per heavy atom. The van der Waals surface area contributed by atoms with Crippen LogP contribution in [0, 0.1) is 0 Å². The van der Waals surface area contributed by atoms with E-state index in [1.54, 1.807) is 28.7 Å². The van der Waals surface area contributed by atoms with Gasteiger partial charge >= 0.3 is 0 Å². The Labute approximate surface area is 144 Å². The van der Waals surface area contributed by atoms with E-state index in [9.17, 15) is 9.59 Å². The first kappa shape index (κ1) is 16.7. The van der Waals surface area contributed by atoms with Gasteiger partial charge in [0.1, 0.15) is 6.54 Å². The quantitative estimate of drug-likeness (QED) is 0.915. The number of hydrogen-bond acceptors (Lipinski definition) is 5. The van der Waals surface area contributed by atoms with Crippen LogP contribution in [0.5, 0.6) is 0 Å². The summed E-state index contributed by atoms with van der Waals surface area (Å²) in [6.07, 6.45) is 3.28. The van der Waals surface area contributed by atoms with Crippen LogP contribution in [0.25, 0.3) is 0 Å². The smallest absolute Gasteiger partial charge is 0.256 e. The number of nitrogens with zero attached hydrogens (tertiary/aromatic N) is 3. The van der Waals surface area contributed by atoms with E-state index < -0.39 is 0 Å². The van der Waals surface area contributed by atoms with Crippen molar-refractivity contribution in [1.82, 2.24) is 14.7 Å². The lowest BCUT2D eigenvalue weighted by Gasteiger charge is -2.35. The topological polar surface area (TPSA) is 76.5 Å². The van der Waals surface area contributed by atoms with Gasteiger partial charge in [0.2, 0.25) is 5.91 Å². The SMILES string of the molecule is CC1CN(C(=O)Cn2cc(NC(=O)c3ccsc3)cn2)CC(C)O1. The van der Waals surface area contributed by atoms with Crippen LogP contribution in [0.1, 0.15) is 24.2 Å². The lowest BCUT2D eigenvalue weighted by molar-refractivity contribution is -0.144. The first-order chi connectivity index (χ1) is 11.5. The van der Waals surface area contributed by atoms with E-state index in [0.29, 0.717) is 24.3 Å². The van der Waals surface area contributed by atoms with E-state index in [0.717, 1.165) is 0 Å². The zero-order valence-corrected chi connectivity index (χ0v) is 14.5. The monoisotopic (exact) mass is 348 g/mol. The molecule has 1 fully saturated rings. The van der Waals surface area contributed by atoms with Crippen molar-refractivity contribution in [3.8, 4) is 0 Å². The zero-order valence-electron chi connectivity index (χ0n) is 13.6. The van der Waals surface area contributed by atoms with Crippen LogP contribution in [0.3, 0.4) is 0 Å². The van der Waals surface area contributed by atoms with E-state index in [1.807, 2.05) is 19.2 Å². The van der Waals surface area contributed by atoms with Gasteiger partial charge in [-0.05, 0) is 25.3 Å². The fraction of sp³-hybridized carbons (Fsp3) is 0.438. The molecule has 1 aliphatic heterocycles. The Bertz CT molecular complexity index is 703. The van der Waals surface area contributed by atoms with Gasteiger partial charge in [-0.2, -0.15) is 16.4 Å². The van der Waals surface area contributed by atoms with Crippen molar-refractivity contribution in [2.24, 2.45) is 0 Å². The molecule has 3 heterocycles. The van der Waals surface area contributed by atoms with Crippen LogP contribution < -0.4 is 5.32 Å². The predicted octanol–water partition coefficient (Wildman–Crippen LogP) is 1.83. The standard InChI is InChI=1S/C16H20N4O3S/c1-11-6-19(7-12(2)23-11)15(21)9-20-8-14(5-17-20)18-16(22)13-3-4-24-10-13/h3-5,8,10-12H,6-7,9H2,1-2H3,(H,18,22). The molecule has 0 aliphatic carbocycles. The van der Waals surface area contributed by atoms with Crippen LogP contribution in [0.15, 0.2) is 29.2 Å². The molecule has 0 radical (unpaired) electrons.